The highest BCUT2D eigenvalue weighted by molar-refractivity contribution is 6.33. The average Bonchev–Trinajstić information content (AvgIpc) is 3.44. The minimum Gasteiger partial charge on any atom is -0.419 e. The van der Waals surface area contributed by atoms with E-state index >= 15 is 0 Å². The third-order valence-corrected chi connectivity index (χ3v) is 5.19. The lowest BCUT2D eigenvalue weighted by atomic mass is 10.1. The van der Waals surface area contributed by atoms with Gasteiger partial charge < -0.3 is 9.32 Å². The van der Waals surface area contributed by atoms with Gasteiger partial charge in [0.2, 0.25) is 11.8 Å². The normalized spacial score (nSPS) is 13.3. The summed E-state index contributed by atoms with van der Waals surface area (Å²) in [5.74, 6) is 0.273. The van der Waals surface area contributed by atoms with Crippen LogP contribution in [0.3, 0.4) is 0 Å². The summed E-state index contributed by atoms with van der Waals surface area (Å²) in [5, 5.41) is 19.8. The molecular formula is C20H17ClN4O4. The molecule has 148 valence electrons. The zero-order chi connectivity index (χ0) is 20.5. The molecular weight excluding hydrogens is 396 g/mol. The van der Waals surface area contributed by atoms with Crippen molar-refractivity contribution in [2.75, 3.05) is 0 Å². The van der Waals surface area contributed by atoms with Gasteiger partial charge in [0.1, 0.15) is 0 Å². The van der Waals surface area contributed by atoms with Crippen LogP contribution < -0.4 is 0 Å². The van der Waals surface area contributed by atoms with Crippen molar-refractivity contribution in [3.63, 3.8) is 0 Å². The Labute approximate surface area is 171 Å². The van der Waals surface area contributed by atoms with Crippen LogP contribution in [0.25, 0.3) is 11.5 Å². The van der Waals surface area contributed by atoms with Crippen LogP contribution in [0, 0.1) is 17.0 Å². The number of carbonyl (C=O) groups excluding carboxylic acids is 1. The molecule has 1 amide bonds. The van der Waals surface area contributed by atoms with Crippen molar-refractivity contribution < 1.29 is 14.1 Å². The first-order chi connectivity index (χ1) is 14.0. The summed E-state index contributed by atoms with van der Waals surface area (Å²) in [4.78, 5) is 25.5. The molecule has 0 N–H and O–H groups in total. The number of nitrogens with zero attached hydrogens (tertiary/aromatic N) is 4. The number of aromatic nitrogens is 2. The van der Waals surface area contributed by atoms with Gasteiger partial charge in [-0.3, -0.25) is 14.9 Å². The minimum atomic E-state index is -0.485. The van der Waals surface area contributed by atoms with E-state index in [1.54, 1.807) is 36.1 Å². The van der Waals surface area contributed by atoms with E-state index in [9.17, 15) is 14.9 Å². The molecule has 9 heteroatoms. The molecule has 1 aliphatic rings. The zero-order valence-corrected chi connectivity index (χ0v) is 16.3. The predicted octanol–water partition coefficient (Wildman–Crippen LogP) is 4.41. The van der Waals surface area contributed by atoms with E-state index in [-0.39, 0.29) is 36.0 Å². The first-order valence-electron chi connectivity index (χ1n) is 9.08. The van der Waals surface area contributed by atoms with Gasteiger partial charge >= 0.3 is 0 Å². The van der Waals surface area contributed by atoms with Gasteiger partial charge in [0.15, 0.2) is 0 Å². The Bertz CT molecular complexity index is 1090. The second kappa shape index (κ2) is 7.63. The Morgan fingerprint density at radius 3 is 2.69 bits per heavy atom. The smallest absolute Gasteiger partial charge is 0.273 e. The lowest BCUT2D eigenvalue weighted by Gasteiger charge is -2.21. The Hall–Kier alpha value is -3.26. The van der Waals surface area contributed by atoms with Gasteiger partial charge in [-0.2, -0.15) is 0 Å². The first-order valence-corrected chi connectivity index (χ1v) is 9.45. The van der Waals surface area contributed by atoms with E-state index in [1.807, 2.05) is 6.07 Å². The minimum absolute atomic E-state index is 0.0526. The van der Waals surface area contributed by atoms with Gasteiger partial charge in [-0.15, -0.1) is 10.2 Å². The number of hydrogen-bond acceptors (Lipinski definition) is 6. The fourth-order valence-electron chi connectivity index (χ4n) is 3.17. The summed E-state index contributed by atoms with van der Waals surface area (Å²) in [7, 11) is 0. The molecule has 0 bridgehead atoms. The maximum absolute atomic E-state index is 13.1. The molecule has 0 spiro atoms. The SMILES string of the molecule is Cc1c(C(=O)N(Cc2nnc(-c3ccccc3Cl)o2)C2CC2)cccc1[N+](=O)[O-]. The van der Waals surface area contributed by atoms with Crippen LogP contribution in [0.4, 0.5) is 5.69 Å². The molecule has 4 rings (SSSR count). The molecule has 0 saturated heterocycles. The summed E-state index contributed by atoms with van der Waals surface area (Å²) >= 11 is 6.18. The highest BCUT2D eigenvalue weighted by Crippen LogP contribution is 2.32. The van der Waals surface area contributed by atoms with Crippen LogP contribution >= 0.6 is 11.6 Å². The lowest BCUT2D eigenvalue weighted by molar-refractivity contribution is -0.385. The van der Waals surface area contributed by atoms with Crippen LogP contribution in [0.2, 0.25) is 5.02 Å². The third kappa shape index (κ3) is 3.84. The quantitative estimate of drug-likeness (QED) is 0.439. The Balaban J connectivity index is 1.60. The van der Waals surface area contributed by atoms with Crippen molar-refractivity contribution >= 4 is 23.2 Å². The molecule has 29 heavy (non-hydrogen) atoms. The van der Waals surface area contributed by atoms with Crippen molar-refractivity contribution in [2.24, 2.45) is 0 Å². The number of amides is 1. The third-order valence-electron chi connectivity index (χ3n) is 4.86. The number of carbonyl (C=O) groups is 1. The monoisotopic (exact) mass is 412 g/mol. The first kappa shape index (κ1) is 19.1. The molecule has 1 fully saturated rings. The molecule has 0 radical (unpaired) electrons. The second-order valence-corrected chi connectivity index (χ2v) is 7.26. The maximum atomic E-state index is 13.1. The van der Waals surface area contributed by atoms with Gasteiger partial charge in [-0.05, 0) is 38.0 Å². The topological polar surface area (TPSA) is 102 Å². The predicted molar refractivity (Wildman–Crippen MR) is 105 cm³/mol. The van der Waals surface area contributed by atoms with Gasteiger partial charge in [-0.25, -0.2) is 0 Å². The average molecular weight is 413 g/mol. The van der Waals surface area contributed by atoms with Crippen LogP contribution in [0.5, 0.6) is 0 Å². The van der Waals surface area contributed by atoms with Crippen molar-refractivity contribution in [3.8, 4) is 11.5 Å². The van der Waals surface area contributed by atoms with Crippen LogP contribution in [-0.2, 0) is 6.54 Å². The van der Waals surface area contributed by atoms with E-state index in [1.165, 1.54) is 12.1 Å². The fraction of sp³-hybridized carbons (Fsp3) is 0.250. The standard InChI is InChI=1S/C20H17ClN4O4/c1-12-14(6-4-8-17(12)25(27)28)20(26)24(13-9-10-13)11-18-22-23-19(29-18)15-5-2-3-7-16(15)21/h2-8,13H,9-11H2,1H3. The summed E-state index contributed by atoms with van der Waals surface area (Å²) in [6.07, 6.45) is 1.73. The van der Waals surface area contributed by atoms with Crippen molar-refractivity contribution in [1.29, 1.82) is 0 Å². The molecule has 0 atom stereocenters. The fourth-order valence-corrected chi connectivity index (χ4v) is 3.38. The molecule has 1 aromatic heterocycles. The molecule has 8 nitrogen and oxygen atoms in total. The Kier molecular flexibility index (Phi) is 5.02. The van der Waals surface area contributed by atoms with Crippen molar-refractivity contribution in [1.82, 2.24) is 15.1 Å². The maximum Gasteiger partial charge on any atom is 0.273 e. The van der Waals surface area contributed by atoms with E-state index < -0.39 is 4.92 Å². The highest BCUT2D eigenvalue weighted by atomic mass is 35.5. The number of nitro groups is 1. The molecule has 0 aliphatic heterocycles. The van der Waals surface area contributed by atoms with Crippen molar-refractivity contribution in [2.45, 2.75) is 32.4 Å². The molecule has 1 heterocycles. The molecule has 0 unspecified atom stereocenters. The number of nitro benzene ring substituents is 1. The van der Waals surface area contributed by atoms with Crippen LogP contribution in [-0.4, -0.2) is 32.0 Å². The van der Waals surface area contributed by atoms with E-state index in [4.69, 9.17) is 16.0 Å². The number of benzene rings is 2. The van der Waals surface area contributed by atoms with E-state index in [0.29, 0.717) is 21.7 Å². The number of rotatable bonds is 6. The highest BCUT2D eigenvalue weighted by Gasteiger charge is 2.35. The lowest BCUT2D eigenvalue weighted by Crippen LogP contribution is -2.33. The van der Waals surface area contributed by atoms with Crippen LogP contribution in [0.1, 0.15) is 34.7 Å². The summed E-state index contributed by atoms with van der Waals surface area (Å²) < 4.78 is 5.73. The second-order valence-electron chi connectivity index (χ2n) is 6.85. The zero-order valence-electron chi connectivity index (χ0n) is 15.5. The van der Waals surface area contributed by atoms with Gasteiger partial charge in [0.05, 0.1) is 22.1 Å². The summed E-state index contributed by atoms with van der Waals surface area (Å²) in [6, 6.07) is 11.7. The largest absolute Gasteiger partial charge is 0.419 e. The van der Waals surface area contributed by atoms with E-state index in [0.717, 1.165) is 12.8 Å². The van der Waals surface area contributed by atoms with E-state index in [2.05, 4.69) is 10.2 Å². The number of hydrogen-bond donors (Lipinski definition) is 0. The van der Waals surface area contributed by atoms with Crippen molar-refractivity contribution in [3.05, 3.63) is 74.6 Å². The van der Waals surface area contributed by atoms with Crippen LogP contribution in [0.15, 0.2) is 46.9 Å². The van der Waals surface area contributed by atoms with Gasteiger partial charge in [-0.1, -0.05) is 29.8 Å². The summed E-state index contributed by atoms with van der Waals surface area (Å²) in [5.41, 5.74) is 1.18. The summed E-state index contributed by atoms with van der Waals surface area (Å²) in [6.45, 7) is 1.71. The molecule has 1 aliphatic carbocycles. The van der Waals surface area contributed by atoms with Gasteiger partial charge in [0, 0.05) is 23.2 Å². The molecule has 3 aromatic rings. The Morgan fingerprint density at radius 1 is 1.24 bits per heavy atom. The molecule has 1 saturated carbocycles. The Morgan fingerprint density at radius 2 is 2.00 bits per heavy atom. The van der Waals surface area contributed by atoms with Gasteiger partial charge in [0.25, 0.3) is 11.6 Å². The molecule has 2 aromatic carbocycles. The number of halogens is 1.